The van der Waals surface area contributed by atoms with E-state index in [9.17, 15) is 0 Å². The summed E-state index contributed by atoms with van der Waals surface area (Å²) < 4.78 is 6.59. The standard InChI is InChI=1S/C9H10N4O.ClH/c1-14-9-10-11-12-13(9)7-8-5-3-2-4-6-8;/h2-6H,7H2,1H3;1H. The maximum atomic E-state index is 4.98. The Balaban J connectivity index is 0.00000112. The van der Waals surface area contributed by atoms with Crippen LogP contribution in [0.3, 0.4) is 0 Å². The zero-order valence-electron chi connectivity index (χ0n) is 8.20. The van der Waals surface area contributed by atoms with Gasteiger partial charge in [0.25, 0.3) is 0 Å². The van der Waals surface area contributed by atoms with E-state index in [1.54, 1.807) is 11.8 Å². The van der Waals surface area contributed by atoms with E-state index in [1.165, 1.54) is 0 Å². The first-order chi connectivity index (χ1) is 6.90. The van der Waals surface area contributed by atoms with Crippen LogP contribution in [-0.4, -0.2) is 27.3 Å². The normalized spacial score (nSPS) is 9.40. The minimum Gasteiger partial charge on any atom is -0.466 e. The van der Waals surface area contributed by atoms with Crippen LogP contribution in [0.15, 0.2) is 30.3 Å². The minimum atomic E-state index is 0. The number of benzene rings is 1. The number of tetrazole rings is 1. The molecule has 0 spiro atoms. The zero-order valence-corrected chi connectivity index (χ0v) is 9.02. The van der Waals surface area contributed by atoms with E-state index in [4.69, 9.17) is 4.74 Å². The molecule has 0 saturated carbocycles. The average Bonchev–Trinajstić information content (AvgIpc) is 2.67. The number of ether oxygens (including phenoxy) is 1. The highest BCUT2D eigenvalue weighted by Gasteiger charge is 2.04. The fourth-order valence-corrected chi connectivity index (χ4v) is 1.20. The number of halogens is 1. The van der Waals surface area contributed by atoms with Crippen molar-refractivity contribution in [3.05, 3.63) is 35.9 Å². The summed E-state index contributed by atoms with van der Waals surface area (Å²) in [4.78, 5) is 0. The minimum absolute atomic E-state index is 0. The number of hydrogen-bond donors (Lipinski definition) is 0. The van der Waals surface area contributed by atoms with Gasteiger partial charge in [-0.15, -0.1) is 12.4 Å². The van der Waals surface area contributed by atoms with E-state index in [0.717, 1.165) is 5.56 Å². The van der Waals surface area contributed by atoms with Crippen molar-refractivity contribution in [1.29, 1.82) is 0 Å². The molecule has 1 aromatic carbocycles. The molecule has 0 bridgehead atoms. The molecule has 0 amide bonds. The Hall–Kier alpha value is -1.62. The molecule has 2 aromatic rings. The third-order valence-corrected chi connectivity index (χ3v) is 1.86. The summed E-state index contributed by atoms with van der Waals surface area (Å²) in [7, 11) is 1.55. The van der Waals surface area contributed by atoms with E-state index in [2.05, 4.69) is 15.5 Å². The Labute approximate surface area is 93.5 Å². The molecule has 80 valence electrons. The number of rotatable bonds is 3. The maximum Gasteiger partial charge on any atom is 0.335 e. The topological polar surface area (TPSA) is 52.8 Å². The molecule has 0 unspecified atom stereocenters. The van der Waals surface area contributed by atoms with Crippen molar-refractivity contribution in [1.82, 2.24) is 20.2 Å². The molecule has 0 saturated heterocycles. The summed E-state index contributed by atoms with van der Waals surface area (Å²) in [5, 5.41) is 11.1. The highest BCUT2D eigenvalue weighted by molar-refractivity contribution is 5.85. The average molecular weight is 227 g/mol. The van der Waals surface area contributed by atoms with Crippen molar-refractivity contribution < 1.29 is 4.74 Å². The van der Waals surface area contributed by atoms with Crippen molar-refractivity contribution in [2.75, 3.05) is 7.11 Å². The lowest BCUT2D eigenvalue weighted by Crippen LogP contribution is -2.04. The first-order valence-electron chi connectivity index (χ1n) is 4.24. The van der Waals surface area contributed by atoms with Gasteiger partial charge in [0.05, 0.1) is 13.7 Å². The van der Waals surface area contributed by atoms with Gasteiger partial charge >= 0.3 is 6.01 Å². The monoisotopic (exact) mass is 226 g/mol. The van der Waals surface area contributed by atoms with Gasteiger partial charge in [0, 0.05) is 0 Å². The molecule has 5 nitrogen and oxygen atoms in total. The molecule has 0 N–H and O–H groups in total. The van der Waals surface area contributed by atoms with Crippen LogP contribution in [0.2, 0.25) is 0 Å². The molecule has 0 aliphatic rings. The van der Waals surface area contributed by atoms with Crippen LogP contribution < -0.4 is 4.74 Å². The molecule has 0 fully saturated rings. The van der Waals surface area contributed by atoms with Gasteiger partial charge < -0.3 is 4.74 Å². The second-order valence-corrected chi connectivity index (χ2v) is 2.81. The molecular weight excluding hydrogens is 216 g/mol. The highest BCUT2D eigenvalue weighted by Crippen LogP contribution is 2.06. The van der Waals surface area contributed by atoms with Crippen LogP contribution in [0, 0.1) is 0 Å². The molecular formula is C9H11ClN4O. The Morgan fingerprint density at radius 1 is 1.27 bits per heavy atom. The van der Waals surface area contributed by atoms with Gasteiger partial charge in [-0.1, -0.05) is 35.4 Å². The first kappa shape index (κ1) is 11.5. The molecule has 15 heavy (non-hydrogen) atoms. The van der Waals surface area contributed by atoms with E-state index >= 15 is 0 Å². The van der Waals surface area contributed by atoms with Crippen molar-refractivity contribution in [2.45, 2.75) is 6.54 Å². The van der Waals surface area contributed by atoms with Crippen LogP contribution >= 0.6 is 12.4 Å². The van der Waals surface area contributed by atoms with Gasteiger partial charge in [-0.25, -0.2) is 0 Å². The van der Waals surface area contributed by atoms with Crippen LogP contribution in [0.4, 0.5) is 0 Å². The summed E-state index contributed by atoms with van der Waals surface area (Å²) in [6.07, 6.45) is 0. The molecule has 1 heterocycles. The SMILES string of the molecule is COc1nnnn1Cc1ccccc1.Cl. The Bertz CT molecular complexity index is 404. The van der Waals surface area contributed by atoms with Gasteiger partial charge in [0.1, 0.15) is 0 Å². The molecule has 0 aliphatic heterocycles. The van der Waals surface area contributed by atoms with Gasteiger partial charge in [-0.2, -0.15) is 4.68 Å². The second-order valence-electron chi connectivity index (χ2n) is 2.81. The van der Waals surface area contributed by atoms with Gasteiger partial charge in [0.15, 0.2) is 0 Å². The van der Waals surface area contributed by atoms with E-state index < -0.39 is 0 Å². The Kier molecular flexibility index (Phi) is 4.05. The zero-order chi connectivity index (χ0) is 9.80. The maximum absolute atomic E-state index is 4.98. The lowest BCUT2D eigenvalue weighted by Gasteiger charge is -2.02. The Morgan fingerprint density at radius 3 is 2.67 bits per heavy atom. The quantitative estimate of drug-likeness (QED) is 0.788. The van der Waals surface area contributed by atoms with Crippen molar-refractivity contribution in [3.63, 3.8) is 0 Å². The van der Waals surface area contributed by atoms with Crippen molar-refractivity contribution >= 4 is 12.4 Å². The summed E-state index contributed by atoms with van der Waals surface area (Å²) in [5.74, 6) is 0. The molecule has 6 heteroatoms. The lowest BCUT2D eigenvalue weighted by molar-refractivity contribution is 0.352. The van der Waals surface area contributed by atoms with E-state index in [0.29, 0.717) is 12.6 Å². The highest BCUT2D eigenvalue weighted by atomic mass is 35.5. The fourth-order valence-electron chi connectivity index (χ4n) is 1.20. The predicted molar refractivity (Wildman–Crippen MR) is 57.2 cm³/mol. The Morgan fingerprint density at radius 2 is 2.00 bits per heavy atom. The van der Waals surface area contributed by atoms with Crippen molar-refractivity contribution in [3.8, 4) is 6.01 Å². The molecule has 0 atom stereocenters. The lowest BCUT2D eigenvalue weighted by atomic mass is 10.2. The van der Waals surface area contributed by atoms with Gasteiger partial charge in [0.2, 0.25) is 0 Å². The number of aromatic nitrogens is 4. The molecule has 1 aromatic heterocycles. The van der Waals surface area contributed by atoms with Crippen LogP contribution in [0.1, 0.15) is 5.56 Å². The molecule has 2 rings (SSSR count). The van der Waals surface area contributed by atoms with Crippen LogP contribution in [-0.2, 0) is 6.54 Å². The largest absolute Gasteiger partial charge is 0.466 e. The smallest absolute Gasteiger partial charge is 0.335 e. The summed E-state index contributed by atoms with van der Waals surface area (Å²) in [6.45, 7) is 0.622. The fraction of sp³-hybridized carbons (Fsp3) is 0.222. The van der Waals surface area contributed by atoms with Crippen LogP contribution in [0.5, 0.6) is 6.01 Å². The van der Waals surface area contributed by atoms with Crippen molar-refractivity contribution in [2.24, 2.45) is 0 Å². The summed E-state index contributed by atoms with van der Waals surface area (Å²) >= 11 is 0. The number of methoxy groups -OCH3 is 1. The molecule has 0 aliphatic carbocycles. The summed E-state index contributed by atoms with van der Waals surface area (Å²) in [5.41, 5.74) is 1.14. The molecule has 0 radical (unpaired) electrons. The van der Waals surface area contributed by atoms with Gasteiger partial charge in [-0.3, -0.25) is 0 Å². The third-order valence-electron chi connectivity index (χ3n) is 1.86. The third kappa shape index (κ3) is 2.66. The van der Waals surface area contributed by atoms with Gasteiger partial charge in [-0.05, 0) is 16.0 Å². The second kappa shape index (κ2) is 5.31. The van der Waals surface area contributed by atoms with E-state index in [1.807, 2.05) is 30.3 Å². The first-order valence-corrected chi connectivity index (χ1v) is 4.24. The summed E-state index contributed by atoms with van der Waals surface area (Å²) in [6, 6.07) is 10.4. The van der Waals surface area contributed by atoms with Crippen LogP contribution in [0.25, 0.3) is 0 Å². The van der Waals surface area contributed by atoms with E-state index in [-0.39, 0.29) is 12.4 Å². The predicted octanol–water partition coefficient (Wildman–Crippen LogP) is 1.15. The number of hydrogen-bond acceptors (Lipinski definition) is 4. The number of nitrogens with zero attached hydrogens (tertiary/aromatic N) is 4.